The average Bonchev–Trinajstić information content (AvgIpc) is 2.88. The number of thioether (sulfide) groups is 1. The number of carbonyl (C=O) groups excluding carboxylic acids is 3. The number of nitrogens with zero attached hydrogens (tertiary/aromatic N) is 1. The van der Waals surface area contributed by atoms with E-state index in [2.05, 4.69) is 0 Å². The summed E-state index contributed by atoms with van der Waals surface area (Å²) in [5.41, 5.74) is 6.75. The number of aliphatic hydroxyl groups is 4. The van der Waals surface area contributed by atoms with Crippen LogP contribution in [0.15, 0.2) is 29.0 Å². The van der Waals surface area contributed by atoms with E-state index >= 15 is 0 Å². The quantitative estimate of drug-likeness (QED) is 0.0955. The van der Waals surface area contributed by atoms with E-state index in [0.717, 1.165) is 0 Å². The van der Waals surface area contributed by atoms with Gasteiger partial charge in [0, 0.05) is 22.8 Å². The van der Waals surface area contributed by atoms with Crippen LogP contribution in [-0.4, -0.2) is 90.7 Å². The van der Waals surface area contributed by atoms with Crippen molar-refractivity contribution in [2.45, 2.75) is 62.7 Å². The summed E-state index contributed by atoms with van der Waals surface area (Å²) in [7, 11) is 2.92. The molecule has 0 radical (unpaired) electrons. The van der Waals surface area contributed by atoms with Crippen LogP contribution in [0.4, 0.5) is 0 Å². The van der Waals surface area contributed by atoms with E-state index in [4.69, 9.17) is 16.9 Å². The maximum atomic E-state index is 14.1. The molecule has 1 amide bonds. The molecule has 1 fully saturated rings. The number of ketones is 2. The van der Waals surface area contributed by atoms with Crippen molar-refractivity contribution in [2.75, 3.05) is 19.8 Å². The lowest BCUT2D eigenvalue weighted by molar-refractivity contribution is -0.169. The van der Waals surface area contributed by atoms with Gasteiger partial charge in [0.05, 0.1) is 23.6 Å². The second kappa shape index (κ2) is 10.7. The van der Waals surface area contributed by atoms with Crippen molar-refractivity contribution in [3.63, 3.8) is 0 Å². The molecule has 0 aliphatic heterocycles. The summed E-state index contributed by atoms with van der Waals surface area (Å²) in [5, 5.41) is 65.0. The smallest absolute Gasteiger partial charge is 0.255 e. The summed E-state index contributed by atoms with van der Waals surface area (Å²) in [6.45, 7) is 5.51. The Morgan fingerprint density at radius 3 is 2.33 bits per heavy atom. The Balaban J connectivity index is 1.90. The molecule has 1 aromatic carbocycles. The Morgan fingerprint density at radius 2 is 1.79 bits per heavy atom. The number of hydrogen-bond acceptors (Lipinski definition) is 11. The highest BCUT2D eigenvalue weighted by Crippen LogP contribution is 2.57. The molecule has 228 valence electrons. The van der Waals surface area contributed by atoms with Gasteiger partial charge in [-0.1, -0.05) is 44.7 Å². The van der Waals surface area contributed by atoms with Crippen LogP contribution >= 0.6 is 11.8 Å². The molecule has 0 bridgehead atoms. The van der Waals surface area contributed by atoms with Crippen molar-refractivity contribution in [1.82, 2.24) is 4.90 Å². The summed E-state index contributed by atoms with van der Waals surface area (Å²) in [6, 6.07) is 2.04. The topological polar surface area (TPSA) is 231 Å². The van der Waals surface area contributed by atoms with Crippen molar-refractivity contribution in [3.8, 4) is 5.75 Å². The van der Waals surface area contributed by atoms with Gasteiger partial charge in [0.2, 0.25) is 5.78 Å². The SMILES string of the molecule is C[C@H]1c2ccc(C(C)(C)CCCSC(=N)N)c(O)c2C(O)=C2C(=O)[C@]3(O)C(O)=C(C(N)=O)C(=O)[C@@H](N(C)C)[C@@H]3[C@@H](O)[C@@H]21. The number of hydrogen-bond donors (Lipinski definition) is 8. The van der Waals surface area contributed by atoms with Crippen molar-refractivity contribution < 1.29 is 39.9 Å². The van der Waals surface area contributed by atoms with E-state index in [1.807, 2.05) is 13.8 Å². The molecule has 0 spiro atoms. The van der Waals surface area contributed by atoms with Crippen molar-refractivity contribution >= 4 is 40.2 Å². The number of phenolic OH excluding ortho intramolecular Hbond substituents is 1. The standard InChI is InChI=1S/C29H38N4O8S/c1-11-12-7-8-13(28(2,3)9-6-10-42-27(31)32)20(34)15(12)21(35)16-14(11)22(36)18-19(33(4)5)23(37)17(26(30)40)25(39)29(18,41)24(16)38/h7-8,11,14,18-19,22,34-36,39,41H,6,9-10H2,1-5H3,(H2,30,40)(H3,31,32)/t11-,14+,18+,19-,22-,29-/m0/s1. The van der Waals surface area contributed by atoms with Gasteiger partial charge in [0.15, 0.2) is 16.6 Å². The third-order valence-electron chi connectivity index (χ3n) is 9.06. The molecule has 1 saturated carbocycles. The van der Waals surface area contributed by atoms with Gasteiger partial charge in [-0.15, -0.1) is 0 Å². The summed E-state index contributed by atoms with van der Waals surface area (Å²) in [6.07, 6.45) is -0.362. The Bertz CT molecular complexity index is 1450. The van der Waals surface area contributed by atoms with Gasteiger partial charge in [-0.2, -0.15) is 0 Å². The summed E-state index contributed by atoms with van der Waals surface area (Å²) in [4.78, 5) is 40.9. The predicted molar refractivity (Wildman–Crippen MR) is 157 cm³/mol. The number of nitrogens with one attached hydrogen (secondary N) is 1. The van der Waals surface area contributed by atoms with Crippen molar-refractivity contribution in [3.05, 3.63) is 45.7 Å². The number of rotatable bonds is 7. The van der Waals surface area contributed by atoms with Crippen LogP contribution in [0, 0.1) is 17.2 Å². The highest BCUT2D eigenvalue weighted by Gasteiger charge is 2.68. The molecule has 1 aromatic rings. The zero-order valence-electron chi connectivity index (χ0n) is 24.1. The van der Waals surface area contributed by atoms with Gasteiger partial charge in [0.1, 0.15) is 22.8 Å². The van der Waals surface area contributed by atoms with E-state index in [1.165, 1.54) is 30.8 Å². The Hall–Kier alpha value is -3.39. The van der Waals surface area contributed by atoms with Gasteiger partial charge in [-0.3, -0.25) is 24.7 Å². The van der Waals surface area contributed by atoms with Crippen LogP contribution in [-0.2, 0) is 19.8 Å². The number of fused-ring (bicyclic) bond motifs is 3. The molecule has 42 heavy (non-hydrogen) atoms. The Morgan fingerprint density at radius 1 is 1.17 bits per heavy atom. The summed E-state index contributed by atoms with van der Waals surface area (Å²) in [5.74, 6) is -8.49. The number of aromatic hydroxyl groups is 1. The fourth-order valence-corrected chi connectivity index (χ4v) is 7.50. The zero-order chi connectivity index (χ0) is 31.6. The molecule has 0 unspecified atom stereocenters. The minimum Gasteiger partial charge on any atom is -0.508 e. The largest absolute Gasteiger partial charge is 0.508 e. The number of nitrogens with two attached hydrogens (primary N) is 2. The van der Waals surface area contributed by atoms with E-state index in [1.54, 1.807) is 19.1 Å². The van der Waals surface area contributed by atoms with Gasteiger partial charge in [-0.05, 0) is 43.8 Å². The Labute approximate surface area is 247 Å². The van der Waals surface area contributed by atoms with E-state index in [0.29, 0.717) is 29.7 Å². The first-order chi connectivity index (χ1) is 19.4. The normalized spacial score (nSPS) is 29.4. The maximum absolute atomic E-state index is 14.1. The second-order valence-electron chi connectivity index (χ2n) is 12.2. The number of aliphatic hydroxyl groups excluding tert-OH is 3. The minimum atomic E-state index is -2.95. The third kappa shape index (κ3) is 4.50. The Kier molecular flexibility index (Phi) is 8.04. The van der Waals surface area contributed by atoms with Gasteiger partial charge >= 0.3 is 0 Å². The highest BCUT2D eigenvalue weighted by molar-refractivity contribution is 8.13. The fraction of sp³-hybridized carbons (Fsp3) is 0.517. The predicted octanol–water partition coefficient (Wildman–Crippen LogP) is 1.18. The number of likely N-dealkylation sites (N-methyl/N-ethyl adjacent to an activating group) is 1. The molecular formula is C29H38N4O8S. The van der Waals surface area contributed by atoms with Crippen LogP contribution in [0.2, 0.25) is 0 Å². The highest BCUT2D eigenvalue weighted by atomic mass is 32.2. The average molecular weight is 603 g/mol. The molecule has 0 aromatic heterocycles. The number of phenols is 1. The summed E-state index contributed by atoms with van der Waals surface area (Å²) < 4.78 is 0. The third-order valence-corrected chi connectivity index (χ3v) is 9.87. The van der Waals surface area contributed by atoms with E-state index in [-0.39, 0.29) is 16.5 Å². The lowest BCUT2D eigenvalue weighted by Crippen LogP contribution is -2.70. The van der Waals surface area contributed by atoms with Crippen LogP contribution in [0.1, 0.15) is 56.2 Å². The van der Waals surface area contributed by atoms with Gasteiger partial charge < -0.3 is 37.0 Å². The number of carbonyl (C=O) groups is 3. The zero-order valence-corrected chi connectivity index (χ0v) is 25.0. The van der Waals surface area contributed by atoms with Gasteiger partial charge in [-0.25, -0.2) is 0 Å². The van der Waals surface area contributed by atoms with E-state index in [9.17, 15) is 39.9 Å². The second-order valence-corrected chi connectivity index (χ2v) is 13.3. The lowest BCUT2D eigenvalue weighted by Gasteiger charge is -2.53. The van der Waals surface area contributed by atoms with Crippen molar-refractivity contribution in [2.24, 2.45) is 23.3 Å². The first-order valence-electron chi connectivity index (χ1n) is 13.6. The van der Waals surface area contributed by atoms with Crippen LogP contribution in [0.3, 0.4) is 0 Å². The fourth-order valence-electron chi connectivity index (χ4n) is 6.99. The molecule has 3 aliphatic carbocycles. The van der Waals surface area contributed by atoms with Crippen LogP contribution in [0.25, 0.3) is 5.76 Å². The minimum absolute atomic E-state index is 0.0100. The first-order valence-corrected chi connectivity index (χ1v) is 14.6. The molecular weight excluding hydrogens is 564 g/mol. The number of Topliss-reactive ketones (excluding diaryl/α,β-unsaturated/α-hetero) is 2. The summed E-state index contributed by atoms with van der Waals surface area (Å²) >= 11 is 1.21. The van der Waals surface area contributed by atoms with Gasteiger partial charge in [0.25, 0.3) is 5.91 Å². The maximum Gasteiger partial charge on any atom is 0.255 e. The van der Waals surface area contributed by atoms with Crippen molar-refractivity contribution in [1.29, 1.82) is 5.41 Å². The van der Waals surface area contributed by atoms with Crippen LogP contribution in [0.5, 0.6) is 5.75 Å². The van der Waals surface area contributed by atoms with E-state index < -0.39 is 81.1 Å². The molecule has 0 saturated heterocycles. The molecule has 6 atom stereocenters. The molecule has 13 heteroatoms. The lowest BCUT2D eigenvalue weighted by atomic mass is 9.54. The number of primary amides is 1. The molecule has 3 aliphatic rings. The number of benzene rings is 1. The molecule has 10 N–H and O–H groups in total. The monoisotopic (exact) mass is 602 g/mol. The molecule has 0 heterocycles. The number of amidine groups is 1. The first kappa shape index (κ1) is 31.5. The van der Waals surface area contributed by atoms with Crippen LogP contribution < -0.4 is 11.5 Å². The number of amides is 1. The molecule has 12 nitrogen and oxygen atoms in total. The molecule has 4 rings (SSSR count).